The van der Waals surface area contributed by atoms with Crippen LogP contribution in [0.15, 0.2) is 60.8 Å². The second-order valence-electron chi connectivity index (χ2n) is 7.92. The molecule has 32 heavy (non-hydrogen) atoms. The van der Waals surface area contributed by atoms with Crippen LogP contribution in [0.25, 0.3) is 11.1 Å². The Kier molecular flexibility index (Phi) is 6.93. The monoisotopic (exact) mass is 450 g/mol. The fourth-order valence-electron chi connectivity index (χ4n) is 3.69. The average molecular weight is 451 g/mol. The Morgan fingerprint density at radius 2 is 1.88 bits per heavy atom. The number of carbonyl (C=O) groups is 1. The molecule has 1 fully saturated rings. The van der Waals surface area contributed by atoms with Crippen molar-refractivity contribution >= 4 is 34.7 Å². The molecule has 0 aliphatic carbocycles. The van der Waals surface area contributed by atoms with Gasteiger partial charge in [0.2, 0.25) is 0 Å². The van der Waals surface area contributed by atoms with E-state index in [1.165, 1.54) is 0 Å². The van der Waals surface area contributed by atoms with Gasteiger partial charge in [-0.15, -0.1) is 0 Å². The van der Waals surface area contributed by atoms with E-state index in [1.54, 1.807) is 12.3 Å². The van der Waals surface area contributed by atoms with Gasteiger partial charge in [0.25, 0.3) is 5.91 Å². The molecule has 1 N–H and O–H groups in total. The second-order valence-corrected chi connectivity index (χ2v) is 8.30. The number of amides is 1. The van der Waals surface area contributed by atoms with Gasteiger partial charge in [-0.1, -0.05) is 35.9 Å². The molecule has 0 atom stereocenters. The lowest BCUT2D eigenvalue weighted by atomic mass is 10.0. The minimum absolute atomic E-state index is 0.264. The quantitative estimate of drug-likeness (QED) is 0.596. The molecule has 0 unspecified atom stereocenters. The summed E-state index contributed by atoms with van der Waals surface area (Å²) in [5.41, 5.74) is 3.93. The van der Waals surface area contributed by atoms with Crippen LogP contribution in [0.5, 0.6) is 0 Å². The molecule has 166 valence electrons. The number of aromatic nitrogens is 1. The van der Waals surface area contributed by atoms with Crippen molar-refractivity contribution in [3.05, 3.63) is 71.4 Å². The Bertz CT molecular complexity index is 1060. The van der Waals surface area contributed by atoms with Gasteiger partial charge in [0, 0.05) is 45.0 Å². The van der Waals surface area contributed by atoms with E-state index in [-0.39, 0.29) is 5.91 Å². The van der Waals surface area contributed by atoms with Gasteiger partial charge in [-0.05, 0) is 42.3 Å². The second kappa shape index (κ2) is 10.0. The number of anilines is 3. The molecular formula is C25H27ClN4O2. The van der Waals surface area contributed by atoms with E-state index in [2.05, 4.69) is 15.2 Å². The highest BCUT2D eigenvalue weighted by atomic mass is 35.5. The van der Waals surface area contributed by atoms with Crippen LogP contribution in [0.2, 0.25) is 5.02 Å². The Morgan fingerprint density at radius 3 is 2.59 bits per heavy atom. The van der Waals surface area contributed by atoms with Crippen molar-refractivity contribution in [2.75, 3.05) is 55.5 Å². The molecule has 1 aromatic heterocycles. The molecule has 0 radical (unpaired) electrons. The number of carbonyl (C=O) groups excluding carboxylic acids is 1. The number of hydrogen-bond acceptors (Lipinski definition) is 5. The van der Waals surface area contributed by atoms with Crippen LogP contribution in [-0.4, -0.2) is 51.3 Å². The number of ether oxygens (including phenoxy) is 1. The number of nitrogens with one attached hydrogen (secondary N) is 1. The van der Waals surface area contributed by atoms with Gasteiger partial charge in [0.15, 0.2) is 0 Å². The first-order valence-electron chi connectivity index (χ1n) is 10.7. The third kappa shape index (κ3) is 5.03. The summed E-state index contributed by atoms with van der Waals surface area (Å²) in [7, 11) is 3.99. The molecule has 3 aromatic rings. The number of rotatable bonds is 5. The predicted molar refractivity (Wildman–Crippen MR) is 131 cm³/mol. The fraction of sp³-hybridized carbons (Fsp3) is 0.280. The van der Waals surface area contributed by atoms with Gasteiger partial charge in [0.1, 0.15) is 5.82 Å². The van der Waals surface area contributed by atoms with Crippen molar-refractivity contribution < 1.29 is 9.53 Å². The summed E-state index contributed by atoms with van der Waals surface area (Å²) in [5.74, 6) is 0.620. The van der Waals surface area contributed by atoms with Gasteiger partial charge in [-0.3, -0.25) is 4.79 Å². The van der Waals surface area contributed by atoms with Crippen molar-refractivity contribution in [1.82, 2.24) is 4.98 Å². The molecule has 0 bridgehead atoms. The summed E-state index contributed by atoms with van der Waals surface area (Å²) in [6.45, 7) is 3.21. The first-order valence-corrected chi connectivity index (χ1v) is 11.1. The maximum Gasteiger partial charge on any atom is 0.257 e. The topological polar surface area (TPSA) is 57.7 Å². The highest BCUT2D eigenvalue weighted by Gasteiger charge is 2.16. The highest BCUT2D eigenvalue weighted by Crippen LogP contribution is 2.32. The van der Waals surface area contributed by atoms with E-state index in [0.29, 0.717) is 22.9 Å². The zero-order chi connectivity index (χ0) is 22.5. The molecule has 1 aliphatic heterocycles. The van der Waals surface area contributed by atoms with E-state index in [9.17, 15) is 4.79 Å². The largest absolute Gasteiger partial charge is 0.380 e. The molecule has 1 saturated heterocycles. The van der Waals surface area contributed by atoms with Crippen molar-refractivity contribution in [3.63, 3.8) is 0 Å². The van der Waals surface area contributed by atoms with Crippen LogP contribution >= 0.6 is 11.6 Å². The fourth-order valence-corrected chi connectivity index (χ4v) is 4.01. The van der Waals surface area contributed by atoms with Crippen LogP contribution in [0.3, 0.4) is 0 Å². The van der Waals surface area contributed by atoms with Crippen molar-refractivity contribution in [3.8, 4) is 11.1 Å². The maximum atomic E-state index is 12.9. The standard InChI is InChI=1S/C25H27ClN4O2/c1-29(2)20-10-7-18(8-11-20)21-5-3-6-22(24(21)26)25(31)28-19-9-12-23(27-17-19)30-13-4-15-32-16-14-30/h3,5-12,17H,4,13-16H2,1-2H3,(H,28,31). The first-order chi connectivity index (χ1) is 15.5. The van der Waals surface area contributed by atoms with E-state index < -0.39 is 0 Å². The zero-order valence-corrected chi connectivity index (χ0v) is 19.1. The normalized spacial score (nSPS) is 14.0. The van der Waals surface area contributed by atoms with Crippen LogP contribution in [-0.2, 0) is 4.74 Å². The molecular weight excluding hydrogens is 424 g/mol. The van der Waals surface area contributed by atoms with E-state index in [1.807, 2.05) is 67.5 Å². The van der Waals surface area contributed by atoms with Gasteiger partial charge >= 0.3 is 0 Å². The molecule has 6 nitrogen and oxygen atoms in total. The van der Waals surface area contributed by atoms with Crippen LogP contribution in [0.1, 0.15) is 16.8 Å². The van der Waals surface area contributed by atoms with Crippen molar-refractivity contribution in [2.24, 2.45) is 0 Å². The summed E-state index contributed by atoms with van der Waals surface area (Å²) >= 11 is 6.64. The number of hydrogen-bond donors (Lipinski definition) is 1. The molecule has 0 spiro atoms. The minimum atomic E-state index is -0.264. The highest BCUT2D eigenvalue weighted by molar-refractivity contribution is 6.37. The van der Waals surface area contributed by atoms with Crippen LogP contribution < -0.4 is 15.1 Å². The molecule has 4 rings (SSSR count). The summed E-state index contributed by atoms with van der Waals surface area (Å²) < 4.78 is 5.50. The summed E-state index contributed by atoms with van der Waals surface area (Å²) in [5, 5.41) is 3.34. The lowest BCUT2D eigenvalue weighted by Crippen LogP contribution is -2.26. The van der Waals surface area contributed by atoms with Crippen LogP contribution in [0.4, 0.5) is 17.2 Å². The van der Waals surface area contributed by atoms with Gasteiger partial charge in [-0.2, -0.15) is 0 Å². The Morgan fingerprint density at radius 1 is 1.06 bits per heavy atom. The SMILES string of the molecule is CN(C)c1ccc(-c2cccc(C(=O)Nc3ccc(N4CCCOCC4)nc3)c2Cl)cc1. The summed E-state index contributed by atoms with van der Waals surface area (Å²) in [6, 6.07) is 17.4. The molecule has 7 heteroatoms. The Labute approximate surface area is 193 Å². The van der Waals surface area contributed by atoms with Crippen molar-refractivity contribution in [2.45, 2.75) is 6.42 Å². The summed E-state index contributed by atoms with van der Waals surface area (Å²) in [6.07, 6.45) is 2.66. The zero-order valence-electron chi connectivity index (χ0n) is 18.3. The third-order valence-electron chi connectivity index (χ3n) is 5.49. The molecule has 1 amide bonds. The summed E-state index contributed by atoms with van der Waals surface area (Å²) in [4.78, 5) is 21.7. The van der Waals surface area contributed by atoms with E-state index in [0.717, 1.165) is 48.7 Å². The van der Waals surface area contributed by atoms with Gasteiger partial charge < -0.3 is 19.9 Å². The first kappa shape index (κ1) is 22.1. The maximum absolute atomic E-state index is 12.9. The predicted octanol–water partition coefficient (Wildman–Crippen LogP) is 4.95. The molecule has 2 aromatic carbocycles. The van der Waals surface area contributed by atoms with Crippen molar-refractivity contribution in [1.29, 1.82) is 0 Å². The third-order valence-corrected chi connectivity index (χ3v) is 5.90. The lowest BCUT2D eigenvalue weighted by Gasteiger charge is -2.20. The number of pyridine rings is 1. The molecule has 0 saturated carbocycles. The lowest BCUT2D eigenvalue weighted by molar-refractivity contribution is 0.102. The van der Waals surface area contributed by atoms with E-state index >= 15 is 0 Å². The number of halogens is 1. The van der Waals surface area contributed by atoms with E-state index in [4.69, 9.17) is 16.3 Å². The minimum Gasteiger partial charge on any atom is -0.380 e. The number of benzene rings is 2. The molecule has 1 aliphatic rings. The average Bonchev–Trinajstić information content (AvgIpc) is 3.09. The van der Waals surface area contributed by atoms with Gasteiger partial charge in [-0.25, -0.2) is 4.98 Å². The smallest absolute Gasteiger partial charge is 0.257 e. The molecule has 2 heterocycles. The Balaban J connectivity index is 1.49. The Hall–Kier alpha value is -3.09. The van der Waals surface area contributed by atoms with Gasteiger partial charge in [0.05, 0.1) is 29.1 Å². The van der Waals surface area contributed by atoms with Crippen LogP contribution in [0, 0.1) is 0 Å². The number of nitrogens with zero attached hydrogens (tertiary/aromatic N) is 3.